The Labute approximate surface area is 108 Å². The Bertz CT molecular complexity index is 352. The molecule has 0 bridgehead atoms. The highest BCUT2D eigenvalue weighted by Gasteiger charge is 2.24. The van der Waals surface area contributed by atoms with E-state index in [4.69, 9.17) is 11.6 Å². The first kappa shape index (κ1) is 12.9. The molecule has 0 aliphatic heterocycles. The van der Waals surface area contributed by atoms with E-state index in [0.717, 1.165) is 24.3 Å². The van der Waals surface area contributed by atoms with Crippen LogP contribution in [0.5, 0.6) is 0 Å². The van der Waals surface area contributed by atoms with Crippen LogP contribution in [-0.2, 0) is 0 Å². The van der Waals surface area contributed by atoms with Crippen molar-refractivity contribution in [2.75, 3.05) is 0 Å². The highest BCUT2D eigenvalue weighted by atomic mass is 35.5. The van der Waals surface area contributed by atoms with Gasteiger partial charge in [-0.05, 0) is 37.5 Å². The fourth-order valence-corrected chi connectivity index (χ4v) is 2.60. The number of nitrogens with one attached hydrogen (secondary N) is 1. The topological polar surface area (TPSA) is 32.3 Å². The Kier molecular flexibility index (Phi) is 4.43. The average molecular weight is 254 g/mol. The number of rotatable bonds is 3. The average Bonchev–Trinajstić information content (AvgIpc) is 2.33. The molecule has 0 saturated heterocycles. The van der Waals surface area contributed by atoms with Crippen molar-refractivity contribution in [3.8, 4) is 0 Å². The fraction of sp³-hybridized carbons (Fsp3) is 0.571. The summed E-state index contributed by atoms with van der Waals surface area (Å²) in [7, 11) is 0. The van der Waals surface area contributed by atoms with E-state index < -0.39 is 0 Å². The van der Waals surface area contributed by atoms with Crippen molar-refractivity contribution in [3.63, 3.8) is 0 Å². The molecule has 1 unspecified atom stereocenters. The van der Waals surface area contributed by atoms with Crippen LogP contribution < -0.4 is 5.32 Å². The Morgan fingerprint density at radius 1 is 1.24 bits per heavy atom. The predicted molar refractivity (Wildman–Crippen MR) is 71.3 cm³/mol. The third kappa shape index (κ3) is 3.44. The highest BCUT2D eigenvalue weighted by Crippen LogP contribution is 2.22. The summed E-state index contributed by atoms with van der Waals surface area (Å²) in [4.78, 5) is 0. The maximum atomic E-state index is 9.93. The molecule has 1 aromatic carbocycles. The van der Waals surface area contributed by atoms with Gasteiger partial charge in [0.1, 0.15) is 0 Å². The zero-order valence-electron chi connectivity index (χ0n) is 10.2. The molecule has 0 heterocycles. The first-order valence-electron chi connectivity index (χ1n) is 6.36. The lowest BCUT2D eigenvalue weighted by Crippen LogP contribution is -2.43. The zero-order chi connectivity index (χ0) is 12.3. The number of aliphatic hydroxyl groups excluding tert-OH is 1. The van der Waals surface area contributed by atoms with E-state index in [9.17, 15) is 5.11 Å². The Hall–Kier alpha value is -0.570. The van der Waals surface area contributed by atoms with Crippen LogP contribution in [0.2, 0.25) is 5.02 Å². The standard InChI is InChI=1S/C14H20ClNO/c1-10(11-6-8-12(15)9-7-11)16-13-4-2-3-5-14(13)17/h6-10,13-14,16-17H,2-5H2,1H3/t10?,13-,14-/m1/s1. The van der Waals surface area contributed by atoms with Crippen molar-refractivity contribution >= 4 is 11.6 Å². The lowest BCUT2D eigenvalue weighted by molar-refractivity contribution is 0.0860. The SMILES string of the molecule is CC(N[C@@H]1CCCC[C@H]1O)c1ccc(Cl)cc1. The summed E-state index contributed by atoms with van der Waals surface area (Å²) in [6, 6.07) is 8.38. The Morgan fingerprint density at radius 3 is 2.53 bits per heavy atom. The molecule has 0 amide bonds. The summed E-state index contributed by atoms with van der Waals surface area (Å²) in [5.41, 5.74) is 1.21. The molecule has 94 valence electrons. The minimum absolute atomic E-state index is 0.196. The van der Waals surface area contributed by atoms with Gasteiger partial charge in [0.15, 0.2) is 0 Å². The minimum atomic E-state index is -0.196. The molecule has 0 aromatic heterocycles. The summed E-state index contributed by atoms with van der Waals surface area (Å²) in [5.74, 6) is 0. The first-order valence-corrected chi connectivity index (χ1v) is 6.74. The third-order valence-electron chi connectivity index (χ3n) is 3.56. The molecule has 1 aliphatic rings. The first-order chi connectivity index (χ1) is 8.16. The van der Waals surface area contributed by atoms with Crippen LogP contribution in [0.25, 0.3) is 0 Å². The molecule has 1 aromatic rings. The van der Waals surface area contributed by atoms with Gasteiger partial charge in [-0.25, -0.2) is 0 Å². The van der Waals surface area contributed by atoms with E-state index >= 15 is 0 Å². The summed E-state index contributed by atoms with van der Waals surface area (Å²) in [6.45, 7) is 2.13. The van der Waals surface area contributed by atoms with E-state index in [1.165, 1.54) is 12.0 Å². The molecule has 1 saturated carbocycles. The molecule has 0 radical (unpaired) electrons. The van der Waals surface area contributed by atoms with Gasteiger partial charge in [-0.15, -0.1) is 0 Å². The maximum absolute atomic E-state index is 9.93. The van der Waals surface area contributed by atoms with Gasteiger partial charge in [-0.3, -0.25) is 0 Å². The van der Waals surface area contributed by atoms with Gasteiger partial charge in [0.2, 0.25) is 0 Å². The number of hydrogen-bond donors (Lipinski definition) is 2. The molecule has 3 heteroatoms. The molecule has 1 aliphatic carbocycles. The van der Waals surface area contributed by atoms with Gasteiger partial charge in [0, 0.05) is 17.1 Å². The van der Waals surface area contributed by atoms with Crippen LogP contribution in [0.3, 0.4) is 0 Å². The third-order valence-corrected chi connectivity index (χ3v) is 3.82. The van der Waals surface area contributed by atoms with Gasteiger partial charge >= 0.3 is 0 Å². The molecule has 2 nitrogen and oxygen atoms in total. The molecule has 3 atom stereocenters. The van der Waals surface area contributed by atoms with E-state index in [2.05, 4.69) is 12.2 Å². The predicted octanol–water partition coefficient (Wildman–Crippen LogP) is 3.29. The lowest BCUT2D eigenvalue weighted by Gasteiger charge is -2.31. The van der Waals surface area contributed by atoms with Crippen LogP contribution in [0.15, 0.2) is 24.3 Å². The second-order valence-electron chi connectivity index (χ2n) is 4.90. The second kappa shape index (κ2) is 5.85. The van der Waals surface area contributed by atoms with E-state index in [1.807, 2.05) is 24.3 Å². The zero-order valence-corrected chi connectivity index (χ0v) is 11.0. The van der Waals surface area contributed by atoms with Crippen molar-refractivity contribution in [2.24, 2.45) is 0 Å². The van der Waals surface area contributed by atoms with E-state index in [-0.39, 0.29) is 18.2 Å². The van der Waals surface area contributed by atoms with E-state index in [0.29, 0.717) is 0 Å². The smallest absolute Gasteiger partial charge is 0.0693 e. The van der Waals surface area contributed by atoms with Gasteiger partial charge in [0.05, 0.1) is 6.10 Å². The fourth-order valence-electron chi connectivity index (χ4n) is 2.47. The van der Waals surface area contributed by atoms with Crippen molar-refractivity contribution in [3.05, 3.63) is 34.9 Å². The molecule has 2 rings (SSSR count). The van der Waals surface area contributed by atoms with Crippen LogP contribution in [0, 0.1) is 0 Å². The number of aliphatic hydroxyl groups is 1. The maximum Gasteiger partial charge on any atom is 0.0693 e. The summed E-state index contributed by atoms with van der Waals surface area (Å²) in [5, 5.41) is 14.2. The molecule has 17 heavy (non-hydrogen) atoms. The summed E-state index contributed by atoms with van der Waals surface area (Å²) < 4.78 is 0. The number of benzene rings is 1. The molecular weight excluding hydrogens is 234 g/mol. The van der Waals surface area contributed by atoms with Gasteiger partial charge in [-0.2, -0.15) is 0 Å². The van der Waals surface area contributed by atoms with Gasteiger partial charge in [0.25, 0.3) is 0 Å². The van der Waals surface area contributed by atoms with Crippen molar-refractivity contribution in [1.82, 2.24) is 5.32 Å². The van der Waals surface area contributed by atoms with Crippen LogP contribution >= 0.6 is 11.6 Å². The quantitative estimate of drug-likeness (QED) is 0.867. The number of hydrogen-bond acceptors (Lipinski definition) is 2. The summed E-state index contributed by atoms with van der Waals surface area (Å²) in [6.07, 6.45) is 4.15. The largest absolute Gasteiger partial charge is 0.392 e. The van der Waals surface area contributed by atoms with Gasteiger partial charge < -0.3 is 10.4 Å². The monoisotopic (exact) mass is 253 g/mol. The van der Waals surface area contributed by atoms with Gasteiger partial charge in [-0.1, -0.05) is 36.6 Å². The molecule has 0 spiro atoms. The van der Waals surface area contributed by atoms with Crippen molar-refractivity contribution < 1.29 is 5.11 Å². The molecule has 1 fully saturated rings. The van der Waals surface area contributed by atoms with Crippen LogP contribution in [0.1, 0.15) is 44.2 Å². The number of halogens is 1. The molecule has 2 N–H and O–H groups in total. The van der Waals surface area contributed by atoms with Crippen molar-refractivity contribution in [1.29, 1.82) is 0 Å². The second-order valence-corrected chi connectivity index (χ2v) is 5.33. The van der Waals surface area contributed by atoms with Crippen LogP contribution in [0.4, 0.5) is 0 Å². The normalized spacial score (nSPS) is 26.8. The van der Waals surface area contributed by atoms with E-state index in [1.54, 1.807) is 0 Å². The van der Waals surface area contributed by atoms with Crippen molar-refractivity contribution in [2.45, 2.75) is 50.8 Å². The summed E-state index contributed by atoms with van der Waals surface area (Å²) >= 11 is 5.87. The Morgan fingerprint density at radius 2 is 1.88 bits per heavy atom. The minimum Gasteiger partial charge on any atom is -0.392 e. The highest BCUT2D eigenvalue weighted by molar-refractivity contribution is 6.30. The lowest BCUT2D eigenvalue weighted by atomic mass is 9.91. The van der Waals surface area contributed by atoms with Crippen LogP contribution in [-0.4, -0.2) is 17.3 Å². The Balaban J connectivity index is 1.95. The molecular formula is C14H20ClNO.